The summed E-state index contributed by atoms with van der Waals surface area (Å²) in [6, 6.07) is 5.38. The molecule has 10 heteroatoms. The topological polar surface area (TPSA) is 97.6 Å². The second-order valence-corrected chi connectivity index (χ2v) is 7.51. The molecule has 0 saturated heterocycles. The number of ether oxygens (including phenoxy) is 1. The zero-order valence-corrected chi connectivity index (χ0v) is 17.4. The Bertz CT molecular complexity index is 1010. The lowest BCUT2D eigenvalue weighted by Crippen LogP contribution is -2.33. The van der Waals surface area contributed by atoms with Crippen molar-refractivity contribution >= 4 is 28.8 Å². The predicted octanol–water partition coefficient (Wildman–Crippen LogP) is 3.05. The Balaban J connectivity index is 1.74. The van der Waals surface area contributed by atoms with Gasteiger partial charge in [-0.2, -0.15) is 0 Å². The first kappa shape index (κ1) is 21.6. The highest BCUT2D eigenvalue weighted by Gasteiger charge is 2.19. The van der Waals surface area contributed by atoms with Crippen LogP contribution in [0.25, 0.3) is 0 Å². The van der Waals surface area contributed by atoms with Gasteiger partial charge in [0.05, 0.1) is 25.3 Å². The van der Waals surface area contributed by atoms with Crippen molar-refractivity contribution in [1.82, 2.24) is 15.0 Å². The van der Waals surface area contributed by atoms with E-state index in [1.807, 2.05) is 5.38 Å². The van der Waals surface area contributed by atoms with Gasteiger partial charge in [0, 0.05) is 42.5 Å². The molecule has 2 heterocycles. The number of amides is 2. The van der Waals surface area contributed by atoms with Gasteiger partial charge < -0.3 is 19.5 Å². The summed E-state index contributed by atoms with van der Waals surface area (Å²) in [7, 11) is 1.54. The molecule has 158 valence electrons. The van der Waals surface area contributed by atoms with E-state index >= 15 is 0 Å². The van der Waals surface area contributed by atoms with Crippen LogP contribution in [0, 0.1) is 12.7 Å². The average molecular weight is 432 g/mol. The van der Waals surface area contributed by atoms with E-state index in [0.717, 1.165) is 17.1 Å². The first-order valence-electron chi connectivity index (χ1n) is 9.14. The zero-order chi connectivity index (χ0) is 21.5. The third-order valence-electron chi connectivity index (χ3n) is 4.10. The lowest BCUT2D eigenvalue weighted by atomic mass is 10.1. The Morgan fingerprint density at radius 3 is 2.80 bits per heavy atom. The van der Waals surface area contributed by atoms with Crippen molar-refractivity contribution in [3.8, 4) is 0 Å². The molecule has 2 aromatic heterocycles. The fraction of sp³-hybridized carbons (Fsp3) is 0.300. The van der Waals surface area contributed by atoms with Gasteiger partial charge in [0.25, 0.3) is 5.91 Å². The van der Waals surface area contributed by atoms with Crippen LogP contribution in [0.15, 0.2) is 40.4 Å². The molecule has 0 aliphatic carbocycles. The Hall–Kier alpha value is -3.11. The van der Waals surface area contributed by atoms with Crippen LogP contribution in [0.1, 0.15) is 26.8 Å². The van der Waals surface area contributed by atoms with E-state index < -0.39 is 11.7 Å². The molecule has 0 unspecified atom stereocenters. The number of carbonyl (C=O) groups is 2. The monoisotopic (exact) mass is 432 g/mol. The smallest absolute Gasteiger partial charge is 0.254 e. The van der Waals surface area contributed by atoms with Gasteiger partial charge in [-0.25, -0.2) is 9.37 Å². The Morgan fingerprint density at radius 2 is 2.13 bits per heavy atom. The number of benzene rings is 1. The molecule has 8 nitrogen and oxygen atoms in total. The number of nitrogens with zero attached hydrogens (tertiary/aromatic N) is 3. The van der Waals surface area contributed by atoms with Crippen LogP contribution in [0.2, 0.25) is 0 Å². The SMILES string of the molecule is COCCN(Cc1nccs1)C(=O)c1cc(F)cc(NC(=O)Cc2cc(C)no2)c1. The molecule has 3 rings (SSSR count). The van der Waals surface area contributed by atoms with Crippen molar-refractivity contribution in [3.63, 3.8) is 0 Å². The van der Waals surface area contributed by atoms with Gasteiger partial charge in [-0.15, -0.1) is 11.3 Å². The molecular formula is C20H21FN4O4S. The Morgan fingerprint density at radius 1 is 1.30 bits per heavy atom. The van der Waals surface area contributed by atoms with Crippen LogP contribution in [0.5, 0.6) is 0 Å². The Labute approximate surface area is 176 Å². The molecule has 30 heavy (non-hydrogen) atoms. The molecule has 0 aliphatic rings. The van der Waals surface area contributed by atoms with Crippen LogP contribution >= 0.6 is 11.3 Å². The minimum Gasteiger partial charge on any atom is -0.383 e. The fourth-order valence-corrected chi connectivity index (χ4v) is 3.41. The van der Waals surface area contributed by atoms with Crippen LogP contribution in [0.3, 0.4) is 0 Å². The number of anilines is 1. The quantitative estimate of drug-likeness (QED) is 0.558. The average Bonchev–Trinajstić information content (AvgIpc) is 3.35. The number of hydrogen-bond donors (Lipinski definition) is 1. The van der Waals surface area contributed by atoms with Crippen molar-refractivity contribution in [1.29, 1.82) is 0 Å². The number of aryl methyl sites for hydroxylation is 1. The third-order valence-corrected chi connectivity index (χ3v) is 4.87. The predicted molar refractivity (Wildman–Crippen MR) is 109 cm³/mol. The maximum Gasteiger partial charge on any atom is 0.254 e. The summed E-state index contributed by atoms with van der Waals surface area (Å²) in [4.78, 5) is 31.0. The van der Waals surface area contributed by atoms with Gasteiger partial charge in [0.1, 0.15) is 16.6 Å². The van der Waals surface area contributed by atoms with Crippen LogP contribution in [-0.2, 0) is 22.5 Å². The summed E-state index contributed by atoms with van der Waals surface area (Å²) in [6.07, 6.45) is 1.61. The second kappa shape index (κ2) is 10.1. The highest BCUT2D eigenvalue weighted by molar-refractivity contribution is 7.09. The van der Waals surface area contributed by atoms with Gasteiger partial charge in [0.2, 0.25) is 5.91 Å². The first-order valence-corrected chi connectivity index (χ1v) is 10.0. The number of methoxy groups -OCH3 is 1. The molecule has 1 N–H and O–H groups in total. The van der Waals surface area contributed by atoms with Gasteiger partial charge in [0.15, 0.2) is 0 Å². The summed E-state index contributed by atoms with van der Waals surface area (Å²) in [6.45, 7) is 2.67. The van der Waals surface area contributed by atoms with Gasteiger partial charge in [-0.3, -0.25) is 9.59 Å². The number of rotatable bonds is 9. The maximum absolute atomic E-state index is 14.2. The number of halogens is 1. The van der Waals surface area contributed by atoms with E-state index in [2.05, 4.69) is 15.5 Å². The number of carbonyl (C=O) groups excluding carboxylic acids is 2. The van der Waals surface area contributed by atoms with Crippen LogP contribution < -0.4 is 5.32 Å². The van der Waals surface area contributed by atoms with Crippen molar-refractivity contribution in [2.45, 2.75) is 19.9 Å². The second-order valence-electron chi connectivity index (χ2n) is 6.53. The van der Waals surface area contributed by atoms with Crippen molar-refractivity contribution in [2.24, 2.45) is 0 Å². The van der Waals surface area contributed by atoms with Crippen LogP contribution in [-0.4, -0.2) is 47.1 Å². The van der Waals surface area contributed by atoms with E-state index in [-0.39, 0.29) is 30.1 Å². The summed E-state index contributed by atoms with van der Waals surface area (Å²) in [5.41, 5.74) is 0.960. The number of thiazole rings is 1. The van der Waals surface area contributed by atoms with Crippen molar-refractivity contribution in [2.75, 3.05) is 25.6 Å². The van der Waals surface area contributed by atoms with E-state index in [4.69, 9.17) is 9.26 Å². The molecule has 1 aromatic carbocycles. The lowest BCUT2D eigenvalue weighted by Gasteiger charge is -2.21. The lowest BCUT2D eigenvalue weighted by molar-refractivity contribution is -0.115. The highest BCUT2D eigenvalue weighted by Crippen LogP contribution is 2.18. The molecule has 0 fully saturated rings. The molecule has 0 aliphatic heterocycles. The molecule has 2 amide bonds. The summed E-state index contributed by atoms with van der Waals surface area (Å²) >= 11 is 1.42. The third kappa shape index (κ3) is 5.94. The van der Waals surface area contributed by atoms with Gasteiger partial charge in [-0.05, 0) is 25.1 Å². The number of nitrogens with one attached hydrogen (secondary N) is 1. The largest absolute Gasteiger partial charge is 0.383 e. The minimum atomic E-state index is -0.632. The fourth-order valence-electron chi connectivity index (χ4n) is 2.78. The zero-order valence-electron chi connectivity index (χ0n) is 16.6. The molecule has 0 saturated carbocycles. The van der Waals surface area contributed by atoms with Crippen LogP contribution in [0.4, 0.5) is 10.1 Å². The number of aromatic nitrogens is 2. The standard InChI is InChI=1S/C20H21FN4O4S/c1-13-7-17(29-24-13)11-18(26)23-16-9-14(8-15(21)10-16)20(27)25(4-5-28-2)12-19-22-3-6-30-19/h3,6-10H,4-5,11-12H2,1-2H3,(H,23,26). The molecule has 0 spiro atoms. The summed E-state index contributed by atoms with van der Waals surface area (Å²) in [5.74, 6) is -1.03. The van der Waals surface area contributed by atoms with E-state index in [9.17, 15) is 14.0 Å². The molecule has 0 radical (unpaired) electrons. The maximum atomic E-state index is 14.2. The highest BCUT2D eigenvalue weighted by atomic mass is 32.1. The summed E-state index contributed by atoms with van der Waals surface area (Å²) in [5, 5.41) is 8.89. The van der Waals surface area contributed by atoms with Gasteiger partial charge in [-0.1, -0.05) is 5.16 Å². The summed E-state index contributed by atoms with van der Waals surface area (Å²) < 4.78 is 24.3. The molecule has 0 bridgehead atoms. The van der Waals surface area contributed by atoms with E-state index in [1.165, 1.54) is 29.4 Å². The Kier molecular flexibility index (Phi) is 7.26. The normalized spacial score (nSPS) is 10.8. The van der Waals surface area contributed by atoms with Crippen molar-refractivity contribution < 1.29 is 23.2 Å². The van der Waals surface area contributed by atoms with E-state index in [1.54, 1.807) is 19.2 Å². The van der Waals surface area contributed by atoms with Gasteiger partial charge >= 0.3 is 0 Å². The minimum absolute atomic E-state index is 0.0509. The first-order chi connectivity index (χ1) is 14.4. The van der Waals surface area contributed by atoms with E-state index in [0.29, 0.717) is 24.6 Å². The molecular weight excluding hydrogens is 411 g/mol. The van der Waals surface area contributed by atoms with Crippen molar-refractivity contribution in [3.05, 3.63) is 63.7 Å². The molecule has 3 aromatic rings. The molecule has 0 atom stereocenters. The number of hydrogen-bond acceptors (Lipinski definition) is 7.